The Morgan fingerprint density at radius 1 is 0.875 bits per heavy atom. The highest BCUT2D eigenvalue weighted by Crippen LogP contribution is 2.18. The summed E-state index contributed by atoms with van der Waals surface area (Å²) in [4.78, 5) is 24.4. The average molecular weight is 495 g/mol. The summed E-state index contributed by atoms with van der Waals surface area (Å²) < 4.78 is 17.3. The molecule has 2 amide bonds. The van der Waals surface area contributed by atoms with Gasteiger partial charge >= 0.3 is 0 Å². The van der Waals surface area contributed by atoms with Crippen molar-refractivity contribution in [3.63, 3.8) is 0 Å². The van der Waals surface area contributed by atoms with Crippen LogP contribution in [0.4, 0.5) is 5.69 Å². The number of halogens is 1. The van der Waals surface area contributed by atoms with Crippen LogP contribution in [0.3, 0.4) is 0 Å². The number of anilines is 1. The number of carbonyl (C=O) groups excluding carboxylic acids is 2. The van der Waals surface area contributed by atoms with Gasteiger partial charge in [-0.05, 0) is 66.2 Å². The minimum absolute atomic E-state index is 0.210. The number of furan rings is 2. The van der Waals surface area contributed by atoms with Crippen molar-refractivity contribution in [2.24, 2.45) is 0 Å². The summed E-state index contributed by atoms with van der Waals surface area (Å²) in [5, 5.41) is 5.55. The summed E-state index contributed by atoms with van der Waals surface area (Å²) in [6, 6.07) is 21.2. The molecule has 2 N–H and O–H groups in total. The van der Waals surface area contributed by atoms with Crippen molar-refractivity contribution >= 4 is 33.4 Å². The van der Waals surface area contributed by atoms with Crippen LogP contribution in [-0.2, 0) is 13.2 Å². The number of ether oxygens (including phenoxy) is 1. The first kappa shape index (κ1) is 21.5. The van der Waals surface area contributed by atoms with Gasteiger partial charge in [-0.2, -0.15) is 0 Å². The number of hydrogen-bond donors (Lipinski definition) is 2. The minimum atomic E-state index is -0.325. The molecule has 0 aliphatic carbocycles. The standard InChI is InChI=1S/C24H19BrN2O5/c25-17-5-9-19(10-6-17)31-15-20-11-12-22(32-20)23(28)26-14-16-3-7-18(8-4-16)27-24(29)21-2-1-13-30-21/h1-13H,14-15H2,(H,26,28)(H,27,29). The van der Waals surface area contributed by atoms with Crippen LogP contribution in [-0.4, -0.2) is 11.8 Å². The van der Waals surface area contributed by atoms with Crippen LogP contribution in [0.1, 0.15) is 32.4 Å². The third-order valence-electron chi connectivity index (χ3n) is 4.49. The van der Waals surface area contributed by atoms with E-state index < -0.39 is 0 Å². The molecule has 0 radical (unpaired) electrons. The second-order valence-electron chi connectivity index (χ2n) is 6.82. The quantitative estimate of drug-likeness (QED) is 0.342. The molecule has 2 aromatic carbocycles. The predicted octanol–water partition coefficient (Wildman–Crippen LogP) is 5.40. The van der Waals surface area contributed by atoms with Crippen LogP contribution in [0.5, 0.6) is 5.75 Å². The zero-order valence-electron chi connectivity index (χ0n) is 16.8. The predicted molar refractivity (Wildman–Crippen MR) is 121 cm³/mol. The van der Waals surface area contributed by atoms with E-state index in [1.807, 2.05) is 36.4 Å². The van der Waals surface area contributed by atoms with Crippen LogP contribution >= 0.6 is 15.9 Å². The van der Waals surface area contributed by atoms with Gasteiger partial charge in [0.2, 0.25) is 0 Å². The highest BCUT2D eigenvalue weighted by Gasteiger charge is 2.12. The Hall–Kier alpha value is -3.78. The second-order valence-corrected chi connectivity index (χ2v) is 7.74. The zero-order valence-corrected chi connectivity index (χ0v) is 18.4. The zero-order chi connectivity index (χ0) is 22.3. The maximum absolute atomic E-state index is 12.4. The van der Waals surface area contributed by atoms with Crippen molar-refractivity contribution in [2.45, 2.75) is 13.2 Å². The summed E-state index contributed by atoms with van der Waals surface area (Å²) in [5.41, 5.74) is 1.50. The Kier molecular flexibility index (Phi) is 6.72. The lowest BCUT2D eigenvalue weighted by Gasteiger charge is -2.07. The molecule has 0 spiro atoms. The van der Waals surface area contributed by atoms with E-state index in [1.54, 1.807) is 36.4 Å². The van der Waals surface area contributed by atoms with E-state index >= 15 is 0 Å². The number of nitrogens with one attached hydrogen (secondary N) is 2. The van der Waals surface area contributed by atoms with Crippen molar-refractivity contribution in [2.75, 3.05) is 5.32 Å². The molecule has 162 valence electrons. The molecule has 4 aromatic rings. The SMILES string of the molecule is O=C(Nc1ccc(CNC(=O)c2ccc(COc3ccc(Br)cc3)o2)cc1)c1ccco1. The van der Waals surface area contributed by atoms with Crippen molar-refractivity contribution in [3.8, 4) is 5.75 Å². The third kappa shape index (κ3) is 5.67. The van der Waals surface area contributed by atoms with Gasteiger partial charge < -0.3 is 24.2 Å². The lowest BCUT2D eigenvalue weighted by atomic mass is 10.2. The molecule has 0 atom stereocenters. The lowest BCUT2D eigenvalue weighted by molar-refractivity contribution is 0.0918. The summed E-state index contributed by atoms with van der Waals surface area (Å²) in [7, 11) is 0. The largest absolute Gasteiger partial charge is 0.486 e. The molecule has 0 aliphatic heterocycles. The van der Waals surface area contributed by atoms with E-state index in [4.69, 9.17) is 13.6 Å². The molecule has 0 saturated heterocycles. The third-order valence-corrected chi connectivity index (χ3v) is 5.02. The molecule has 0 bridgehead atoms. The van der Waals surface area contributed by atoms with E-state index in [-0.39, 0.29) is 29.9 Å². The van der Waals surface area contributed by atoms with E-state index in [1.165, 1.54) is 6.26 Å². The molecule has 0 fully saturated rings. The summed E-state index contributed by atoms with van der Waals surface area (Å²) in [5.74, 6) is 1.06. The van der Waals surface area contributed by atoms with Crippen LogP contribution < -0.4 is 15.4 Å². The van der Waals surface area contributed by atoms with Crippen molar-refractivity contribution < 1.29 is 23.2 Å². The summed E-state index contributed by atoms with van der Waals surface area (Å²) in [6.07, 6.45) is 1.44. The first-order valence-corrected chi connectivity index (χ1v) is 10.6. The van der Waals surface area contributed by atoms with Crippen LogP contribution in [0.25, 0.3) is 0 Å². The Morgan fingerprint density at radius 2 is 1.66 bits per heavy atom. The van der Waals surface area contributed by atoms with Crippen molar-refractivity contribution in [1.82, 2.24) is 5.32 Å². The average Bonchev–Trinajstić information content (AvgIpc) is 3.51. The van der Waals surface area contributed by atoms with Gasteiger partial charge in [-0.1, -0.05) is 28.1 Å². The fourth-order valence-electron chi connectivity index (χ4n) is 2.84. The number of hydrogen-bond acceptors (Lipinski definition) is 5. The maximum atomic E-state index is 12.4. The van der Waals surface area contributed by atoms with Gasteiger partial charge in [0.1, 0.15) is 18.1 Å². The monoisotopic (exact) mass is 494 g/mol. The Labute approximate surface area is 192 Å². The lowest BCUT2D eigenvalue weighted by Crippen LogP contribution is -2.22. The molecule has 32 heavy (non-hydrogen) atoms. The molecule has 2 aromatic heterocycles. The van der Waals surface area contributed by atoms with Gasteiger partial charge in [-0.3, -0.25) is 9.59 Å². The number of amides is 2. The molecule has 4 rings (SSSR count). The molecule has 0 unspecified atom stereocenters. The second kappa shape index (κ2) is 10.0. The van der Waals surface area contributed by atoms with Gasteiger partial charge in [0.15, 0.2) is 11.5 Å². The van der Waals surface area contributed by atoms with Gasteiger partial charge in [0.25, 0.3) is 11.8 Å². The molecular formula is C24H19BrN2O5. The van der Waals surface area contributed by atoms with Gasteiger partial charge in [-0.15, -0.1) is 0 Å². The Balaban J connectivity index is 1.25. The van der Waals surface area contributed by atoms with Crippen LogP contribution in [0.2, 0.25) is 0 Å². The molecular weight excluding hydrogens is 476 g/mol. The summed E-state index contributed by atoms with van der Waals surface area (Å²) in [6.45, 7) is 0.538. The molecule has 0 aliphatic rings. The summed E-state index contributed by atoms with van der Waals surface area (Å²) >= 11 is 3.37. The first-order valence-electron chi connectivity index (χ1n) is 9.76. The van der Waals surface area contributed by atoms with Gasteiger partial charge in [0.05, 0.1) is 6.26 Å². The molecule has 2 heterocycles. The fraction of sp³-hybridized carbons (Fsp3) is 0.0833. The van der Waals surface area contributed by atoms with Crippen molar-refractivity contribution in [3.05, 3.63) is 106 Å². The highest BCUT2D eigenvalue weighted by molar-refractivity contribution is 9.10. The van der Waals surface area contributed by atoms with Crippen LogP contribution in [0.15, 0.2) is 92.4 Å². The molecule has 0 saturated carbocycles. The fourth-order valence-corrected chi connectivity index (χ4v) is 3.10. The first-order chi connectivity index (χ1) is 15.6. The minimum Gasteiger partial charge on any atom is -0.486 e. The van der Waals surface area contributed by atoms with E-state index in [0.717, 1.165) is 10.0 Å². The highest BCUT2D eigenvalue weighted by atomic mass is 79.9. The van der Waals surface area contributed by atoms with Crippen molar-refractivity contribution in [1.29, 1.82) is 0 Å². The maximum Gasteiger partial charge on any atom is 0.291 e. The molecule has 8 heteroatoms. The Bertz CT molecular complexity index is 1180. The number of rotatable bonds is 8. The smallest absolute Gasteiger partial charge is 0.291 e. The number of carbonyl (C=O) groups is 2. The van der Waals surface area contributed by atoms with E-state index in [9.17, 15) is 9.59 Å². The van der Waals surface area contributed by atoms with Crippen LogP contribution in [0, 0.1) is 0 Å². The van der Waals surface area contributed by atoms with Gasteiger partial charge in [0, 0.05) is 16.7 Å². The van der Waals surface area contributed by atoms with Gasteiger partial charge in [-0.25, -0.2) is 0 Å². The number of benzene rings is 2. The molecule has 7 nitrogen and oxygen atoms in total. The topological polar surface area (TPSA) is 93.7 Å². The normalized spacial score (nSPS) is 10.5. The van der Waals surface area contributed by atoms with E-state index in [2.05, 4.69) is 26.6 Å². The Morgan fingerprint density at radius 3 is 2.38 bits per heavy atom. The van der Waals surface area contributed by atoms with E-state index in [0.29, 0.717) is 23.7 Å².